The van der Waals surface area contributed by atoms with Crippen molar-refractivity contribution < 1.29 is 14.3 Å². The fourth-order valence-electron chi connectivity index (χ4n) is 2.99. The van der Waals surface area contributed by atoms with Crippen LogP contribution in [0.3, 0.4) is 0 Å². The summed E-state index contributed by atoms with van der Waals surface area (Å²) in [5.41, 5.74) is 3.60. The van der Waals surface area contributed by atoms with Gasteiger partial charge in [0.15, 0.2) is 0 Å². The van der Waals surface area contributed by atoms with E-state index in [1.165, 1.54) is 11.3 Å². The first-order valence-electron chi connectivity index (χ1n) is 9.32. The first-order valence-corrected chi connectivity index (χ1v) is 10.2. The van der Waals surface area contributed by atoms with E-state index in [2.05, 4.69) is 5.32 Å². The first-order chi connectivity index (χ1) is 13.6. The van der Waals surface area contributed by atoms with E-state index < -0.39 is 12.1 Å². The van der Waals surface area contributed by atoms with Crippen LogP contribution in [-0.4, -0.2) is 17.9 Å². The van der Waals surface area contributed by atoms with Gasteiger partial charge in [-0.05, 0) is 36.8 Å². The number of esters is 1. The van der Waals surface area contributed by atoms with E-state index in [1.54, 1.807) is 12.1 Å². The molecule has 0 bridgehead atoms. The zero-order valence-electron chi connectivity index (χ0n) is 15.6. The molecule has 0 radical (unpaired) electrons. The molecule has 0 spiro atoms. The number of rotatable bonds is 6. The van der Waals surface area contributed by atoms with Crippen molar-refractivity contribution in [1.82, 2.24) is 5.32 Å². The van der Waals surface area contributed by atoms with E-state index in [0.29, 0.717) is 10.4 Å². The summed E-state index contributed by atoms with van der Waals surface area (Å²) in [6.45, 7) is 2.02. The average molecular weight is 391 g/mol. The Morgan fingerprint density at radius 1 is 1.04 bits per heavy atom. The van der Waals surface area contributed by atoms with E-state index >= 15 is 0 Å². The fourth-order valence-corrected chi connectivity index (χ4v) is 3.79. The maximum absolute atomic E-state index is 13.0. The van der Waals surface area contributed by atoms with Crippen LogP contribution < -0.4 is 5.32 Å². The molecule has 4 rings (SSSR count). The third-order valence-corrected chi connectivity index (χ3v) is 5.60. The molecule has 28 heavy (non-hydrogen) atoms. The maximum Gasteiger partial charge on any atom is 0.350 e. The lowest BCUT2D eigenvalue weighted by Crippen LogP contribution is -2.33. The van der Waals surface area contributed by atoms with Gasteiger partial charge in [-0.3, -0.25) is 4.79 Å². The van der Waals surface area contributed by atoms with Gasteiger partial charge in [0, 0.05) is 17.2 Å². The van der Waals surface area contributed by atoms with Gasteiger partial charge in [0.2, 0.25) is 6.10 Å². The summed E-state index contributed by atoms with van der Waals surface area (Å²) in [6, 6.07) is 19.3. The third kappa shape index (κ3) is 4.15. The number of thiophene rings is 1. The van der Waals surface area contributed by atoms with Gasteiger partial charge in [0.25, 0.3) is 5.91 Å². The minimum absolute atomic E-state index is 0.197. The second kappa shape index (κ2) is 7.98. The Balaban J connectivity index is 1.59. The van der Waals surface area contributed by atoms with Crippen LogP contribution in [0.25, 0.3) is 11.1 Å². The molecule has 1 aliphatic carbocycles. The first kappa shape index (κ1) is 18.4. The van der Waals surface area contributed by atoms with Crippen LogP contribution in [0.4, 0.5) is 0 Å². The molecular weight excluding hydrogens is 370 g/mol. The zero-order chi connectivity index (χ0) is 19.5. The number of carbonyl (C=O) groups is 2. The smallest absolute Gasteiger partial charge is 0.350 e. The molecule has 5 heteroatoms. The number of amides is 1. The summed E-state index contributed by atoms with van der Waals surface area (Å²) in [4.78, 5) is 26.2. The standard InChI is InChI=1S/C23H21NO3S/c1-15-7-9-16(10-8-15)19-13-14-28-21(19)23(26)27-20(17-5-3-2-4-6-17)22(25)24-18-11-12-18/h2-10,13-14,18,20H,11-12H2,1H3,(H,24,25). The number of nitrogens with one attached hydrogen (secondary N) is 1. The highest BCUT2D eigenvalue weighted by Gasteiger charge is 2.31. The molecule has 4 nitrogen and oxygen atoms in total. The Kier molecular flexibility index (Phi) is 5.26. The Morgan fingerprint density at radius 2 is 1.75 bits per heavy atom. The van der Waals surface area contributed by atoms with Crippen molar-refractivity contribution in [1.29, 1.82) is 0 Å². The highest BCUT2D eigenvalue weighted by atomic mass is 32.1. The fraction of sp³-hybridized carbons (Fsp3) is 0.217. The van der Waals surface area contributed by atoms with Crippen LogP contribution in [-0.2, 0) is 9.53 Å². The molecule has 1 saturated carbocycles. The van der Waals surface area contributed by atoms with Gasteiger partial charge in [0.1, 0.15) is 4.88 Å². The van der Waals surface area contributed by atoms with E-state index in [0.717, 1.165) is 29.5 Å². The van der Waals surface area contributed by atoms with E-state index in [9.17, 15) is 9.59 Å². The molecule has 1 aromatic heterocycles. The summed E-state index contributed by atoms with van der Waals surface area (Å²) in [5, 5.41) is 4.81. The summed E-state index contributed by atoms with van der Waals surface area (Å²) in [6.07, 6.45) is 0.996. The topological polar surface area (TPSA) is 55.4 Å². The Labute approximate surface area is 168 Å². The zero-order valence-corrected chi connectivity index (χ0v) is 16.4. The third-order valence-electron chi connectivity index (χ3n) is 4.70. The number of ether oxygens (including phenoxy) is 1. The summed E-state index contributed by atoms with van der Waals surface area (Å²) >= 11 is 1.33. The molecule has 2 aromatic carbocycles. The molecule has 1 heterocycles. The lowest BCUT2D eigenvalue weighted by atomic mass is 10.0. The van der Waals surface area contributed by atoms with E-state index in [1.807, 2.05) is 60.8 Å². The van der Waals surface area contributed by atoms with Gasteiger partial charge in [-0.1, -0.05) is 60.2 Å². The molecule has 0 saturated heterocycles. The predicted octanol–water partition coefficient (Wildman–Crippen LogP) is 4.90. The van der Waals surface area contributed by atoms with Crippen molar-refractivity contribution in [3.05, 3.63) is 82.0 Å². The van der Waals surface area contributed by atoms with Crippen molar-refractivity contribution in [3.63, 3.8) is 0 Å². The van der Waals surface area contributed by atoms with Gasteiger partial charge in [0.05, 0.1) is 0 Å². The molecule has 0 aliphatic heterocycles. The van der Waals surface area contributed by atoms with Crippen LogP contribution >= 0.6 is 11.3 Å². The predicted molar refractivity (Wildman–Crippen MR) is 110 cm³/mol. The van der Waals surface area contributed by atoms with Gasteiger partial charge in [-0.15, -0.1) is 11.3 Å². The van der Waals surface area contributed by atoms with Crippen molar-refractivity contribution in [3.8, 4) is 11.1 Å². The SMILES string of the molecule is Cc1ccc(-c2ccsc2C(=O)OC(C(=O)NC2CC2)c2ccccc2)cc1. The molecule has 1 atom stereocenters. The monoisotopic (exact) mass is 391 g/mol. The number of hydrogen-bond acceptors (Lipinski definition) is 4. The van der Waals surface area contributed by atoms with E-state index in [4.69, 9.17) is 4.74 Å². The second-order valence-electron chi connectivity index (χ2n) is 7.01. The van der Waals surface area contributed by atoms with Crippen molar-refractivity contribution in [2.45, 2.75) is 31.9 Å². The number of hydrogen-bond donors (Lipinski definition) is 1. The van der Waals surface area contributed by atoms with Gasteiger partial charge < -0.3 is 10.1 Å². The van der Waals surface area contributed by atoms with Crippen molar-refractivity contribution in [2.24, 2.45) is 0 Å². The van der Waals surface area contributed by atoms with Crippen LogP contribution in [0.1, 0.15) is 39.7 Å². The van der Waals surface area contributed by atoms with Gasteiger partial charge in [-0.2, -0.15) is 0 Å². The molecular formula is C23H21NO3S. The summed E-state index contributed by atoms with van der Waals surface area (Å²) < 4.78 is 5.72. The van der Waals surface area contributed by atoms with Crippen LogP contribution in [0, 0.1) is 6.92 Å². The van der Waals surface area contributed by atoms with Gasteiger partial charge >= 0.3 is 5.97 Å². The Hall–Kier alpha value is -2.92. The van der Waals surface area contributed by atoms with Crippen molar-refractivity contribution >= 4 is 23.2 Å². The highest BCUT2D eigenvalue weighted by molar-refractivity contribution is 7.12. The normalized spacial score (nSPS) is 14.3. The molecule has 1 fully saturated rings. The highest BCUT2D eigenvalue weighted by Crippen LogP contribution is 2.31. The molecule has 1 aliphatic rings. The minimum Gasteiger partial charge on any atom is -0.443 e. The largest absolute Gasteiger partial charge is 0.443 e. The number of carbonyl (C=O) groups excluding carboxylic acids is 2. The molecule has 1 N–H and O–H groups in total. The summed E-state index contributed by atoms with van der Waals surface area (Å²) in [7, 11) is 0. The van der Waals surface area contributed by atoms with Crippen LogP contribution in [0.15, 0.2) is 66.0 Å². The molecule has 142 valence electrons. The second-order valence-corrected chi connectivity index (χ2v) is 7.92. The molecule has 3 aromatic rings. The van der Waals surface area contributed by atoms with Crippen LogP contribution in [0.2, 0.25) is 0 Å². The molecule has 1 amide bonds. The Morgan fingerprint density at radius 3 is 2.43 bits per heavy atom. The van der Waals surface area contributed by atoms with E-state index in [-0.39, 0.29) is 11.9 Å². The molecule has 1 unspecified atom stereocenters. The van der Waals surface area contributed by atoms with Crippen LogP contribution in [0.5, 0.6) is 0 Å². The average Bonchev–Trinajstić information content (AvgIpc) is 3.38. The lowest BCUT2D eigenvalue weighted by molar-refractivity contribution is -0.130. The quantitative estimate of drug-likeness (QED) is 0.608. The number of aryl methyl sites for hydroxylation is 1. The van der Waals surface area contributed by atoms with Gasteiger partial charge in [-0.25, -0.2) is 4.79 Å². The Bertz CT molecular complexity index is 975. The maximum atomic E-state index is 13.0. The van der Waals surface area contributed by atoms with Crippen molar-refractivity contribution in [2.75, 3.05) is 0 Å². The number of benzene rings is 2. The minimum atomic E-state index is -0.956. The lowest BCUT2D eigenvalue weighted by Gasteiger charge is -2.18. The summed E-state index contributed by atoms with van der Waals surface area (Å²) in [5.74, 6) is -0.749.